The second-order valence-corrected chi connectivity index (χ2v) is 19.3. The second-order valence-electron chi connectivity index (χ2n) is 14.9. The molecule has 5 rings (SSSR count). The molecule has 0 aliphatic rings. The van der Waals surface area contributed by atoms with Crippen molar-refractivity contribution in [1.29, 1.82) is 0 Å². The largest absolute Gasteiger partial charge is 0.497 e. The van der Waals surface area contributed by atoms with Gasteiger partial charge in [0.25, 0.3) is 20.0 Å². The van der Waals surface area contributed by atoms with Gasteiger partial charge < -0.3 is 24.0 Å². The summed E-state index contributed by atoms with van der Waals surface area (Å²) >= 11 is 3.25. The van der Waals surface area contributed by atoms with Crippen molar-refractivity contribution in [2.24, 2.45) is 0 Å². The molecule has 19 heteroatoms. The molecule has 0 atom stereocenters. The summed E-state index contributed by atoms with van der Waals surface area (Å²) in [6, 6.07) is 13.2. The van der Waals surface area contributed by atoms with E-state index in [0.29, 0.717) is 21.5 Å². The number of nitrogens with zero attached hydrogens (tertiary/aromatic N) is 6. The Labute approximate surface area is 346 Å². The lowest BCUT2D eigenvalue weighted by molar-refractivity contribution is 0.0275. The predicted octanol–water partition coefficient (Wildman–Crippen LogP) is 7.55. The predicted molar refractivity (Wildman–Crippen MR) is 218 cm³/mol. The quantitative estimate of drug-likeness (QED) is 0.136. The summed E-state index contributed by atoms with van der Waals surface area (Å²) in [4.78, 5) is 34.8. The molecule has 0 N–H and O–H groups in total. The van der Waals surface area contributed by atoms with Crippen molar-refractivity contribution in [2.75, 3.05) is 21.2 Å². The molecule has 0 spiro atoms. The van der Waals surface area contributed by atoms with E-state index in [0.717, 1.165) is 7.94 Å². The van der Waals surface area contributed by atoms with Crippen LogP contribution in [0.5, 0.6) is 5.75 Å². The molecule has 0 aliphatic carbocycles. The topological polar surface area (TPSA) is 172 Å². The Balaban J connectivity index is 0.000000267. The highest BCUT2D eigenvalue weighted by atomic mass is 79.9. The molecule has 0 unspecified atom stereocenters. The van der Waals surface area contributed by atoms with Crippen molar-refractivity contribution in [3.8, 4) is 17.0 Å². The maximum Gasteiger partial charge on any atom is 0.410 e. The lowest BCUT2D eigenvalue weighted by Crippen LogP contribution is -2.33. The molecule has 58 heavy (non-hydrogen) atoms. The third-order valence-electron chi connectivity index (χ3n) is 7.72. The van der Waals surface area contributed by atoms with Crippen LogP contribution in [0.4, 0.5) is 14.0 Å². The van der Waals surface area contributed by atoms with Gasteiger partial charge >= 0.3 is 12.2 Å². The summed E-state index contributed by atoms with van der Waals surface area (Å²) in [6.07, 6.45) is 7.24. The number of pyridine rings is 2. The van der Waals surface area contributed by atoms with Gasteiger partial charge in [-0.25, -0.2) is 38.8 Å². The zero-order valence-corrected chi connectivity index (χ0v) is 36.7. The van der Waals surface area contributed by atoms with Crippen LogP contribution in [0, 0.1) is 5.82 Å². The fraction of sp³-hybridized carbons (Fsp3) is 0.333. The lowest BCUT2D eigenvalue weighted by atomic mass is 10.1. The summed E-state index contributed by atoms with van der Waals surface area (Å²) in [6.45, 7) is 10.9. The molecule has 0 fully saturated rings. The minimum absolute atomic E-state index is 0.0352. The number of methoxy groups -OCH3 is 1. The first kappa shape index (κ1) is 45.4. The number of halogens is 2. The van der Waals surface area contributed by atoms with Gasteiger partial charge in [0.05, 0.1) is 25.9 Å². The Morgan fingerprint density at radius 3 is 1.66 bits per heavy atom. The molecule has 0 saturated heterocycles. The molecule has 4 heterocycles. The smallest absolute Gasteiger partial charge is 0.410 e. The van der Waals surface area contributed by atoms with Crippen molar-refractivity contribution in [3.63, 3.8) is 0 Å². The SMILES string of the molecule is CN(Cc1cc(Br)n(S(=O)(=O)c2cccnc2)c1)C(=O)OC(C)(C)C.COc1ccc(F)c(-c2cc(CN(C)C(=O)OC(C)(C)C)cn2S(=O)(=O)c2cccnc2)c1. The summed E-state index contributed by atoms with van der Waals surface area (Å²) < 4.78 is 85.2. The highest BCUT2D eigenvalue weighted by Gasteiger charge is 2.27. The van der Waals surface area contributed by atoms with E-state index in [1.807, 2.05) is 0 Å². The van der Waals surface area contributed by atoms with Crippen molar-refractivity contribution < 1.29 is 45.0 Å². The maximum absolute atomic E-state index is 14.8. The van der Waals surface area contributed by atoms with Gasteiger partial charge in [-0.2, -0.15) is 0 Å². The van der Waals surface area contributed by atoms with Gasteiger partial charge in [-0.05, 0) is 123 Å². The summed E-state index contributed by atoms with van der Waals surface area (Å²) in [5, 5.41) is 0. The molecule has 0 bridgehead atoms. The Morgan fingerprint density at radius 2 is 1.21 bits per heavy atom. The molecule has 0 saturated carbocycles. The van der Waals surface area contributed by atoms with Crippen LogP contribution in [0.25, 0.3) is 11.3 Å². The number of benzene rings is 1. The maximum atomic E-state index is 14.8. The van der Waals surface area contributed by atoms with Gasteiger partial charge in [0.2, 0.25) is 0 Å². The van der Waals surface area contributed by atoms with Crippen molar-refractivity contribution in [2.45, 2.75) is 75.6 Å². The Morgan fingerprint density at radius 1 is 0.741 bits per heavy atom. The number of aromatic nitrogens is 4. The minimum Gasteiger partial charge on any atom is -0.497 e. The van der Waals surface area contributed by atoms with Gasteiger partial charge in [-0.1, -0.05) is 0 Å². The molecule has 15 nitrogen and oxygen atoms in total. The number of hydrogen-bond acceptors (Lipinski definition) is 11. The van der Waals surface area contributed by atoms with Crippen LogP contribution in [-0.2, 0) is 42.6 Å². The number of carbonyl (C=O) groups excluding carboxylic acids is 2. The molecule has 312 valence electrons. The highest BCUT2D eigenvalue weighted by Crippen LogP contribution is 2.32. The van der Waals surface area contributed by atoms with E-state index >= 15 is 0 Å². The van der Waals surface area contributed by atoms with E-state index in [4.69, 9.17) is 14.2 Å². The molecule has 1 aromatic carbocycles. The molecular weight excluding hydrogens is 859 g/mol. The second kappa shape index (κ2) is 18.1. The Kier molecular flexibility index (Phi) is 14.2. The van der Waals surface area contributed by atoms with E-state index < -0.39 is 49.3 Å². The first-order valence-corrected chi connectivity index (χ1v) is 21.2. The summed E-state index contributed by atoms with van der Waals surface area (Å²) in [5.74, 6) is -0.256. The summed E-state index contributed by atoms with van der Waals surface area (Å²) in [5.41, 5.74) is -0.0475. The van der Waals surface area contributed by atoms with Gasteiger partial charge in [0.15, 0.2) is 0 Å². The number of amides is 2. The average Bonchev–Trinajstić information content (AvgIpc) is 3.75. The van der Waals surface area contributed by atoms with E-state index in [2.05, 4.69) is 25.9 Å². The fourth-order valence-corrected chi connectivity index (χ4v) is 8.68. The molecule has 0 aliphatic heterocycles. The molecule has 5 aromatic rings. The lowest BCUT2D eigenvalue weighted by Gasteiger charge is -2.24. The van der Waals surface area contributed by atoms with Gasteiger partial charge in [0, 0.05) is 56.8 Å². The van der Waals surface area contributed by atoms with E-state index in [1.54, 1.807) is 60.7 Å². The molecule has 4 aromatic heterocycles. The van der Waals surface area contributed by atoms with E-state index in [9.17, 15) is 30.8 Å². The standard InChI is InChI=1S/C23H26FN3O5S.C16H20BrN3O4S/c1-23(2,3)32-22(28)26(4)14-16-11-21(19-12-17(31-5)8-9-20(19)24)27(15-16)33(29,30)18-7-6-10-25-13-18;1-16(2,3)24-15(21)19(4)10-12-8-14(17)20(11-12)25(22,23)13-6-5-7-18-9-13/h6-13,15H,14H2,1-5H3;5-9,11H,10H2,1-4H3. The monoisotopic (exact) mass is 904 g/mol. The van der Waals surface area contributed by atoms with E-state index in [-0.39, 0.29) is 34.1 Å². The number of carbonyl (C=O) groups is 2. The first-order valence-electron chi connectivity index (χ1n) is 17.5. The minimum atomic E-state index is -4.11. The average molecular weight is 906 g/mol. The van der Waals surface area contributed by atoms with Crippen LogP contribution < -0.4 is 4.74 Å². The number of rotatable bonds is 10. The van der Waals surface area contributed by atoms with Crippen LogP contribution in [0.1, 0.15) is 52.7 Å². The van der Waals surface area contributed by atoms with Crippen LogP contribution in [0.15, 0.2) is 106 Å². The highest BCUT2D eigenvalue weighted by molar-refractivity contribution is 9.10. The van der Waals surface area contributed by atoms with Crippen molar-refractivity contribution in [1.82, 2.24) is 27.7 Å². The van der Waals surface area contributed by atoms with Gasteiger partial charge in [0.1, 0.15) is 37.2 Å². The van der Waals surface area contributed by atoms with Gasteiger partial charge in [-0.15, -0.1) is 0 Å². The Bertz CT molecular complexity index is 2450. The zero-order chi connectivity index (χ0) is 43.2. The summed E-state index contributed by atoms with van der Waals surface area (Å²) in [7, 11) is -3.31. The molecular formula is C39H46BrFN6O9S2. The van der Waals surface area contributed by atoms with Gasteiger partial charge in [-0.3, -0.25) is 9.97 Å². The third-order valence-corrected chi connectivity index (χ3v) is 11.9. The first-order chi connectivity index (χ1) is 26.9. The van der Waals surface area contributed by atoms with Crippen LogP contribution >= 0.6 is 15.9 Å². The van der Waals surface area contributed by atoms with E-state index in [1.165, 1.54) is 104 Å². The molecule has 0 radical (unpaired) electrons. The normalized spacial score (nSPS) is 11.9. The Hall–Kier alpha value is -5.27. The number of ether oxygens (including phenoxy) is 3. The van der Waals surface area contributed by atoms with Crippen molar-refractivity contribution in [3.05, 3.63) is 113 Å². The zero-order valence-electron chi connectivity index (χ0n) is 33.5. The van der Waals surface area contributed by atoms with Crippen LogP contribution in [-0.4, -0.2) is 89.1 Å². The molecule has 2 amide bonds. The fourth-order valence-electron chi connectivity index (χ4n) is 5.13. The van der Waals surface area contributed by atoms with Crippen molar-refractivity contribution >= 4 is 48.2 Å². The third kappa shape index (κ3) is 11.7. The van der Waals surface area contributed by atoms with Crippen LogP contribution in [0.2, 0.25) is 0 Å². The van der Waals surface area contributed by atoms with Crippen LogP contribution in [0.3, 0.4) is 0 Å². The number of hydrogen-bond donors (Lipinski definition) is 0.